The van der Waals surface area contributed by atoms with Crippen molar-refractivity contribution >= 4 is 12.2 Å². The van der Waals surface area contributed by atoms with Crippen LogP contribution in [-0.2, 0) is 20.3 Å². The Hall–Kier alpha value is -1.42. The van der Waals surface area contributed by atoms with E-state index in [-0.39, 0.29) is 24.8 Å². The molecule has 0 saturated carbocycles. The molecule has 2 unspecified atom stereocenters. The number of benzene rings is 2. The van der Waals surface area contributed by atoms with Crippen LogP contribution in [0.5, 0.6) is 23.0 Å². The molecule has 7 heteroatoms. The number of methoxy groups -OCH3 is 4. The second-order valence-electron chi connectivity index (χ2n) is 8.00. The minimum Gasteiger partial charge on any atom is -1.00 e. The van der Waals surface area contributed by atoms with Gasteiger partial charge in [-0.05, 0) is 0 Å². The molecule has 1 aliphatic heterocycles. The fourth-order valence-corrected chi connectivity index (χ4v) is 20.9. The molecule has 0 radical (unpaired) electrons. The second kappa shape index (κ2) is 9.21. The number of halogens is 2. The average molecular weight is 541 g/mol. The minimum atomic E-state index is -2.63. The summed E-state index contributed by atoms with van der Waals surface area (Å²) in [6, 6.07) is 8.14. The van der Waals surface area contributed by atoms with Gasteiger partial charge in [0.05, 0.1) is 0 Å². The molecular weight excluding hydrogens is 514 g/mol. The van der Waals surface area contributed by atoms with Crippen LogP contribution in [0.25, 0.3) is 12.2 Å². The van der Waals surface area contributed by atoms with Crippen LogP contribution in [-0.4, -0.2) is 28.4 Å². The predicted octanol–water partition coefficient (Wildman–Crippen LogP) is -0.431. The van der Waals surface area contributed by atoms with Crippen molar-refractivity contribution in [3.8, 4) is 23.0 Å². The SMILES string of the molecule is COc1ccc(OC)c2c1C=C[CH]2[Zr+2]1([CH]2C=Cc3c(OC)ccc(OC)c32)[CH2][CH2]1.[Cl-].[Cl-]. The van der Waals surface area contributed by atoms with E-state index in [1.165, 1.54) is 30.5 Å². The summed E-state index contributed by atoms with van der Waals surface area (Å²) in [6.45, 7) is 0. The topological polar surface area (TPSA) is 36.9 Å². The van der Waals surface area contributed by atoms with E-state index in [0.29, 0.717) is 7.25 Å². The van der Waals surface area contributed by atoms with Gasteiger partial charge in [-0.2, -0.15) is 0 Å². The van der Waals surface area contributed by atoms with E-state index in [0.717, 1.165) is 23.0 Å². The molecule has 1 saturated heterocycles. The van der Waals surface area contributed by atoms with Gasteiger partial charge < -0.3 is 24.8 Å². The summed E-state index contributed by atoms with van der Waals surface area (Å²) in [5.41, 5.74) is 5.06. The molecule has 4 nitrogen and oxygen atoms in total. The third kappa shape index (κ3) is 3.54. The molecule has 2 aliphatic carbocycles. The average Bonchev–Trinajstić information content (AvgIpc) is 3.22. The maximum absolute atomic E-state index is 5.80. The van der Waals surface area contributed by atoms with Gasteiger partial charge in [0.25, 0.3) is 0 Å². The van der Waals surface area contributed by atoms with Gasteiger partial charge in [0, 0.05) is 0 Å². The molecule has 31 heavy (non-hydrogen) atoms. The van der Waals surface area contributed by atoms with Crippen molar-refractivity contribution in [2.45, 2.75) is 15.5 Å². The Balaban J connectivity index is 0.00000136. The van der Waals surface area contributed by atoms with Crippen molar-refractivity contribution in [3.05, 3.63) is 58.7 Å². The molecule has 0 spiro atoms. The van der Waals surface area contributed by atoms with Crippen LogP contribution in [0.2, 0.25) is 8.26 Å². The van der Waals surface area contributed by atoms with Gasteiger partial charge in [0.1, 0.15) is 0 Å². The number of hydrogen-bond donors (Lipinski definition) is 0. The van der Waals surface area contributed by atoms with Crippen LogP contribution in [0.3, 0.4) is 0 Å². The zero-order valence-electron chi connectivity index (χ0n) is 18.1. The van der Waals surface area contributed by atoms with Crippen molar-refractivity contribution in [1.82, 2.24) is 0 Å². The molecule has 2 atom stereocenters. The first kappa shape index (κ1) is 24.2. The molecule has 1 fully saturated rings. The molecular formula is C24H26Cl2O4Zr. The maximum atomic E-state index is 5.80. The summed E-state index contributed by atoms with van der Waals surface area (Å²) in [7, 11) is 7.02. The number of rotatable bonds is 6. The predicted molar refractivity (Wildman–Crippen MR) is 112 cm³/mol. The van der Waals surface area contributed by atoms with E-state index in [4.69, 9.17) is 18.9 Å². The number of ether oxygens (including phenoxy) is 4. The summed E-state index contributed by atoms with van der Waals surface area (Å²) in [5, 5.41) is 0. The second-order valence-corrected chi connectivity index (χ2v) is 19.6. The van der Waals surface area contributed by atoms with Crippen molar-refractivity contribution in [2.75, 3.05) is 28.4 Å². The first-order valence-electron chi connectivity index (χ1n) is 10.0. The largest absolute Gasteiger partial charge is 1.00 e. The maximum Gasteiger partial charge on any atom is -1.00 e. The van der Waals surface area contributed by atoms with Gasteiger partial charge in [-0.25, -0.2) is 0 Å². The standard InChI is InChI=1S/2C11H11O2.C2H4.2ClH.Zr/c2*1-12-10-6-7-11(13-2)9-5-3-4-8(9)10;1-2;;;/h2*3-7H,1-2H3;1-2H2;2*1H;/q;;;;;+2/p-2. The van der Waals surface area contributed by atoms with Gasteiger partial charge in [-0.3, -0.25) is 0 Å². The minimum absolute atomic E-state index is 0. The smallest absolute Gasteiger partial charge is 1.00 e. The van der Waals surface area contributed by atoms with Crippen molar-refractivity contribution < 1.29 is 64.0 Å². The summed E-state index contributed by atoms with van der Waals surface area (Å²) in [6.07, 6.45) is 9.36. The van der Waals surface area contributed by atoms with Crippen LogP contribution < -0.4 is 43.8 Å². The van der Waals surface area contributed by atoms with Crippen LogP contribution in [0, 0.1) is 0 Å². The number of hydrogen-bond acceptors (Lipinski definition) is 4. The van der Waals surface area contributed by atoms with Crippen LogP contribution in [0.15, 0.2) is 36.4 Å². The first-order valence-corrected chi connectivity index (χ1v) is 16.4. The van der Waals surface area contributed by atoms with E-state index in [9.17, 15) is 0 Å². The number of allylic oxidation sites excluding steroid dienone is 2. The summed E-state index contributed by atoms with van der Waals surface area (Å²) in [5.74, 6) is 3.84. The molecule has 1 heterocycles. The van der Waals surface area contributed by atoms with Gasteiger partial charge in [-0.1, -0.05) is 0 Å². The summed E-state index contributed by atoms with van der Waals surface area (Å²) >= 11 is -2.63. The zero-order chi connectivity index (χ0) is 20.2. The van der Waals surface area contributed by atoms with Gasteiger partial charge in [0.15, 0.2) is 0 Å². The molecule has 0 N–H and O–H groups in total. The third-order valence-corrected chi connectivity index (χ3v) is 19.4. The van der Waals surface area contributed by atoms with Gasteiger partial charge >= 0.3 is 177 Å². The molecule has 2 aromatic rings. The Labute approximate surface area is 200 Å². The molecule has 5 rings (SSSR count). The first-order chi connectivity index (χ1) is 14.2. The van der Waals surface area contributed by atoms with Crippen LogP contribution in [0.4, 0.5) is 0 Å². The van der Waals surface area contributed by atoms with Gasteiger partial charge in [-0.15, -0.1) is 0 Å². The molecule has 0 aromatic heterocycles. The Morgan fingerprint density at radius 1 is 0.613 bits per heavy atom. The fourth-order valence-electron chi connectivity index (χ4n) is 5.39. The van der Waals surface area contributed by atoms with E-state index in [1.54, 1.807) is 28.4 Å². The Bertz CT molecular complexity index is 967. The summed E-state index contributed by atoms with van der Waals surface area (Å²) in [4.78, 5) is 0. The third-order valence-electron chi connectivity index (χ3n) is 6.89. The van der Waals surface area contributed by atoms with Gasteiger partial charge in [0.2, 0.25) is 0 Å². The van der Waals surface area contributed by atoms with Crippen LogP contribution in [0.1, 0.15) is 29.5 Å². The zero-order valence-corrected chi connectivity index (χ0v) is 22.0. The molecule has 0 bridgehead atoms. The van der Waals surface area contributed by atoms with E-state index >= 15 is 0 Å². The van der Waals surface area contributed by atoms with E-state index in [1.807, 2.05) is 12.1 Å². The van der Waals surface area contributed by atoms with Crippen molar-refractivity contribution in [3.63, 3.8) is 0 Å². The molecule has 0 amide bonds. The van der Waals surface area contributed by atoms with Crippen LogP contribution >= 0.6 is 0 Å². The normalized spacial score (nSPS) is 19.7. The number of fused-ring (bicyclic) bond motifs is 2. The molecule has 3 aliphatic rings. The Morgan fingerprint density at radius 2 is 0.968 bits per heavy atom. The fraction of sp³-hybridized carbons (Fsp3) is 0.333. The Morgan fingerprint density at radius 3 is 1.29 bits per heavy atom. The van der Waals surface area contributed by atoms with E-state index in [2.05, 4.69) is 36.4 Å². The van der Waals surface area contributed by atoms with E-state index < -0.39 is 20.3 Å². The molecule has 164 valence electrons. The molecule has 2 aromatic carbocycles. The van der Waals surface area contributed by atoms with Crippen molar-refractivity contribution in [2.24, 2.45) is 0 Å². The van der Waals surface area contributed by atoms with Crippen molar-refractivity contribution in [1.29, 1.82) is 0 Å². The Kier molecular flexibility index (Phi) is 7.20. The monoisotopic (exact) mass is 538 g/mol. The quantitative estimate of drug-likeness (QED) is 0.499. The summed E-state index contributed by atoms with van der Waals surface area (Å²) < 4.78 is 26.6.